The molecular weight excluding hydrogens is 753 g/mol. The normalized spacial score (nSPS) is 18.6. The van der Waals surface area contributed by atoms with E-state index in [2.05, 4.69) is 50.2 Å². The zero-order valence-corrected chi connectivity index (χ0v) is 37.8. The van der Waals surface area contributed by atoms with E-state index in [0.29, 0.717) is 38.1 Å². The molecule has 2 fully saturated rings. The molecule has 4 aromatic rings. The number of carbonyl (C=O) groups excluding carboxylic acids is 1. The van der Waals surface area contributed by atoms with Crippen LogP contribution in [0.15, 0.2) is 54.9 Å². The number of fused-ring (bicyclic) bond motifs is 3. The summed E-state index contributed by atoms with van der Waals surface area (Å²) in [6, 6.07) is 16.5. The summed E-state index contributed by atoms with van der Waals surface area (Å²) in [5.41, 5.74) is 4.48. The van der Waals surface area contributed by atoms with E-state index in [-0.39, 0.29) is 30.9 Å². The van der Waals surface area contributed by atoms with Crippen LogP contribution in [0.5, 0.6) is 5.75 Å². The molecule has 2 atom stereocenters. The second kappa shape index (κ2) is 18.0. The van der Waals surface area contributed by atoms with Crippen LogP contribution in [0.4, 0.5) is 10.6 Å². The minimum absolute atomic E-state index is 0.0843. The van der Waals surface area contributed by atoms with Crippen LogP contribution in [-0.4, -0.2) is 105 Å². The predicted octanol–water partition coefficient (Wildman–Crippen LogP) is 9.52. The van der Waals surface area contributed by atoms with E-state index in [1.165, 1.54) is 0 Å². The van der Waals surface area contributed by atoms with Crippen LogP contribution in [0.1, 0.15) is 58.1 Å². The number of aromatic nitrogens is 4. The summed E-state index contributed by atoms with van der Waals surface area (Å²) in [7, 11) is -0.996. The highest BCUT2D eigenvalue weighted by Crippen LogP contribution is 2.44. The summed E-state index contributed by atoms with van der Waals surface area (Å²) in [5.74, 6) is 1.60. The van der Waals surface area contributed by atoms with Crippen LogP contribution in [0, 0.1) is 0 Å². The van der Waals surface area contributed by atoms with Crippen LogP contribution < -0.4 is 9.64 Å². The Balaban J connectivity index is 1.41. The van der Waals surface area contributed by atoms with Gasteiger partial charge in [-0.15, -0.1) is 0 Å². The topological polar surface area (TPSA) is 113 Å². The van der Waals surface area contributed by atoms with Gasteiger partial charge in [0.1, 0.15) is 36.3 Å². The molecule has 5 heterocycles. The summed E-state index contributed by atoms with van der Waals surface area (Å²) < 4.78 is 32.0. The van der Waals surface area contributed by atoms with Gasteiger partial charge in [-0.1, -0.05) is 69.6 Å². The largest absolute Gasteiger partial charge is 0.465 e. The standard InChI is InChI=1S/C43H64N6O6Si2/c1-43(2,3)55-42(50)48-34-16-17-35(48)23-32(22-34)37-25-39(47(28-52-18-20-56(5,6)7)29-53-19-21-57(8,9)10)49-41(46-37)36(27-45-49)33-24-38(54-30-51-4)40(44-26-33)31-14-12-11-13-15-31/h11-15,24-27,32,34-35H,16-23,28-30H2,1-10H3. The highest BCUT2D eigenvalue weighted by atomic mass is 28.3. The quantitative estimate of drug-likeness (QED) is 0.0580. The molecule has 2 aliphatic heterocycles. The van der Waals surface area contributed by atoms with E-state index in [1.54, 1.807) is 7.11 Å². The molecular formula is C43H64N6O6Si2. The lowest BCUT2D eigenvalue weighted by Crippen LogP contribution is -2.48. The molecule has 3 aromatic heterocycles. The van der Waals surface area contributed by atoms with Crippen molar-refractivity contribution in [2.75, 3.05) is 45.5 Å². The third-order valence-corrected chi connectivity index (χ3v) is 14.0. The number of hydrogen-bond donors (Lipinski definition) is 0. The molecule has 57 heavy (non-hydrogen) atoms. The van der Waals surface area contributed by atoms with Gasteiger partial charge in [-0.05, 0) is 64.6 Å². The van der Waals surface area contributed by atoms with Crippen molar-refractivity contribution in [3.63, 3.8) is 0 Å². The molecule has 1 aromatic carbocycles. The van der Waals surface area contributed by atoms with Gasteiger partial charge in [0, 0.05) is 89.1 Å². The molecule has 0 N–H and O–H groups in total. The lowest BCUT2D eigenvalue weighted by molar-refractivity contribution is 0.00568. The third kappa shape index (κ3) is 11.2. The van der Waals surface area contributed by atoms with Gasteiger partial charge in [0.05, 0.1) is 6.20 Å². The first kappa shape index (κ1) is 42.8. The van der Waals surface area contributed by atoms with Crippen molar-refractivity contribution >= 4 is 33.7 Å². The van der Waals surface area contributed by atoms with Crippen molar-refractivity contribution in [3.8, 4) is 28.1 Å². The van der Waals surface area contributed by atoms with E-state index < -0.39 is 21.7 Å². The number of anilines is 1. The summed E-state index contributed by atoms with van der Waals surface area (Å²) in [6.45, 7) is 22.1. The molecule has 0 radical (unpaired) electrons. The minimum atomic E-state index is -1.30. The van der Waals surface area contributed by atoms with Gasteiger partial charge in [0.15, 0.2) is 12.4 Å². The molecule has 14 heteroatoms. The van der Waals surface area contributed by atoms with Crippen molar-refractivity contribution in [1.82, 2.24) is 24.5 Å². The van der Waals surface area contributed by atoms with Crippen LogP contribution in [0.3, 0.4) is 0 Å². The van der Waals surface area contributed by atoms with Crippen molar-refractivity contribution in [1.29, 1.82) is 0 Å². The van der Waals surface area contributed by atoms with Gasteiger partial charge in [-0.3, -0.25) is 4.98 Å². The number of amides is 1. The molecule has 2 unspecified atom stereocenters. The third-order valence-electron chi connectivity index (χ3n) is 10.6. The van der Waals surface area contributed by atoms with Gasteiger partial charge in [0.25, 0.3) is 0 Å². The van der Waals surface area contributed by atoms with Crippen LogP contribution >= 0.6 is 0 Å². The van der Waals surface area contributed by atoms with E-state index in [4.69, 9.17) is 38.8 Å². The Kier molecular flexibility index (Phi) is 13.5. The number of hydrogen-bond acceptors (Lipinski definition) is 10. The smallest absolute Gasteiger partial charge is 0.410 e. The maximum absolute atomic E-state index is 13.4. The molecule has 310 valence electrons. The molecule has 2 bridgehead atoms. The van der Waals surface area contributed by atoms with Crippen molar-refractivity contribution in [3.05, 3.63) is 60.6 Å². The summed E-state index contributed by atoms with van der Waals surface area (Å²) in [6.07, 6.45) is 7.04. The van der Waals surface area contributed by atoms with Gasteiger partial charge >= 0.3 is 6.09 Å². The first-order chi connectivity index (χ1) is 27.0. The lowest BCUT2D eigenvalue weighted by atomic mass is 9.88. The molecule has 0 saturated carbocycles. The first-order valence-electron chi connectivity index (χ1n) is 20.5. The summed E-state index contributed by atoms with van der Waals surface area (Å²) in [4.78, 5) is 27.9. The number of piperidine rings is 1. The number of ether oxygens (including phenoxy) is 5. The highest BCUT2D eigenvalue weighted by molar-refractivity contribution is 6.76. The summed E-state index contributed by atoms with van der Waals surface area (Å²) >= 11 is 0. The molecule has 1 amide bonds. The van der Waals surface area contributed by atoms with Crippen LogP contribution in [0.2, 0.25) is 51.4 Å². The Morgan fingerprint density at radius 3 is 2.09 bits per heavy atom. The summed E-state index contributed by atoms with van der Waals surface area (Å²) in [5, 5.41) is 4.97. The second-order valence-electron chi connectivity index (χ2n) is 19.0. The highest BCUT2D eigenvalue weighted by Gasteiger charge is 2.45. The van der Waals surface area contributed by atoms with E-state index in [9.17, 15) is 4.79 Å². The monoisotopic (exact) mass is 816 g/mol. The fourth-order valence-electron chi connectivity index (χ4n) is 7.55. The van der Waals surface area contributed by atoms with Crippen molar-refractivity contribution in [2.24, 2.45) is 0 Å². The molecule has 0 spiro atoms. The number of benzene rings is 1. The molecule has 0 aliphatic carbocycles. The maximum Gasteiger partial charge on any atom is 0.410 e. The number of carbonyl (C=O) groups is 1. The average molecular weight is 817 g/mol. The van der Waals surface area contributed by atoms with E-state index in [1.807, 2.05) is 79.0 Å². The Hall–Kier alpha value is -3.83. The van der Waals surface area contributed by atoms with Gasteiger partial charge in [-0.2, -0.15) is 9.61 Å². The molecule has 12 nitrogen and oxygen atoms in total. The van der Waals surface area contributed by atoms with Gasteiger partial charge < -0.3 is 33.5 Å². The average Bonchev–Trinajstić information content (AvgIpc) is 3.69. The zero-order chi connectivity index (χ0) is 41.0. The zero-order valence-electron chi connectivity index (χ0n) is 35.8. The predicted molar refractivity (Wildman–Crippen MR) is 231 cm³/mol. The van der Waals surface area contributed by atoms with Crippen molar-refractivity contribution in [2.45, 2.75) is 121 Å². The van der Waals surface area contributed by atoms with Gasteiger partial charge in [-0.25, -0.2) is 9.78 Å². The Bertz CT molecular complexity index is 1920. The number of pyridine rings is 1. The fourth-order valence-corrected chi connectivity index (χ4v) is 9.06. The minimum Gasteiger partial charge on any atom is -0.465 e. The van der Waals surface area contributed by atoms with Crippen LogP contribution in [0.25, 0.3) is 28.0 Å². The Morgan fingerprint density at radius 2 is 1.51 bits per heavy atom. The Morgan fingerprint density at radius 1 is 0.877 bits per heavy atom. The van der Waals surface area contributed by atoms with E-state index >= 15 is 0 Å². The van der Waals surface area contributed by atoms with Crippen LogP contribution in [-0.2, 0) is 18.9 Å². The first-order valence-corrected chi connectivity index (χ1v) is 27.9. The Labute approximate surface area is 341 Å². The van der Waals surface area contributed by atoms with E-state index in [0.717, 1.165) is 71.7 Å². The number of methoxy groups -OCH3 is 1. The second-order valence-corrected chi connectivity index (χ2v) is 30.2. The molecule has 6 rings (SSSR count). The molecule has 2 aliphatic rings. The SMILES string of the molecule is COCOc1cc(-c2cnn3c(N(COCC[Si](C)(C)C)COCC[Si](C)(C)C)cc(C4CC5CCC(C4)N5C(=O)OC(C)(C)C)nc23)cnc1-c1ccccc1. The number of rotatable bonds is 17. The lowest BCUT2D eigenvalue weighted by Gasteiger charge is -2.39. The maximum atomic E-state index is 13.4. The van der Waals surface area contributed by atoms with Crippen molar-refractivity contribution < 1.29 is 28.5 Å². The molecule has 2 saturated heterocycles. The fraction of sp³-hybridized carbons (Fsp3) is 0.581. The van der Waals surface area contributed by atoms with Gasteiger partial charge in [0.2, 0.25) is 0 Å². The number of nitrogens with zero attached hydrogens (tertiary/aromatic N) is 6.